The van der Waals surface area contributed by atoms with Crippen LogP contribution in [0.15, 0.2) is 30.3 Å². The fraction of sp³-hybridized carbons (Fsp3) is 0.533. The third-order valence-electron chi connectivity index (χ3n) is 3.37. The zero-order chi connectivity index (χ0) is 12.6. The molecule has 1 heterocycles. The van der Waals surface area contributed by atoms with Crippen LogP contribution in [-0.4, -0.2) is 31.1 Å². The molecule has 0 saturated carbocycles. The zero-order valence-electron chi connectivity index (χ0n) is 10.7. The normalized spacial score (nSPS) is 20.3. The second kappa shape index (κ2) is 7.03. The van der Waals surface area contributed by atoms with Crippen LogP contribution in [0.1, 0.15) is 19.3 Å². The summed E-state index contributed by atoms with van der Waals surface area (Å²) in [5.74, 6) is 1.55. The molecule has 0 radical (unpaired) electrons. The number of benzene rings is 1. The molecule has 3 nitrogen and oxygen atoms in total. The predicted molar refractivity (Wildman–Crippen MR) is 71.3 cm³/mol. The summed E-state index contributed by atoms with van der Waals surface area (Å²) >= 11 is 0. The van der Waals surface area contributed by atoms with Gasteiger partial charge in [-0.1, -0.05) is 18.2 Å². The Morgan fingerprint density at radius 1 is 1.33 bits per heavy atom. The molecule has 0 unspecified atom stereocenters. The summed E-state index contributed by atoms with van der Waals surface area (Å²) in [6.07, 6.45) is 3.08. The molecule has 0 aromatic heterocycles. The van der Waals surface area contributed by atoms with Crippen LogP contribution in [-0.2, 0) is 0 Å². The lowest BCUT2D eigenvalue weighted by molar-refractivity contribution is 0.132. The predicted octanol–water partition coefficient (Wildman–Crippen LogP) is 2.69. The first-order valence-corrected chi connectivity index (χ1v) is 6.65. The second-order valence-electron chi connectivity index (χ2n) is 4.84. The minimum Gasteiger partial charge on any atom is -0.493 e. The third kappa shape index (κ3) is 4.05. The van der Waals surface area contributed by atoms with E-state index < -0.39 is 0 Å². The highest BCUT2D eigenvalue weighted by Gasteiger charge is 2.19. The molecule has 1 aromatic carbocycles. The van der Waals surface area contributed by atoms with Crippen LogP contribution >= 0.6 is 0 Å². The highest BCUT2D eigenvalue weighted by Crippen LogP contribution is 2.18. The Morgan fingerprint density at radius 2 is 2.17 bits per heavy atom. The summed E-state index contributed by atoms with van der Waals surface area (Å²) in [7, 11) is 0. The monoisotopic (exact) mass is 244 g/mol. The van der Waals surface area contributed by atoms with E-state index in [0.717, 1.165) is 32.0 Å². The van der Waals surface area contributed by atoms with Crippen molar-refractivity contribution in [1.82, 2.24) is 4.90 Å². The molecule has 0 bridgehead atoms. The van der Waals surface area contributed by atoms with Crippen molar-refractivity contribution in [3.8, 4) is 11.8 Å². The van der Waals surface area contributed by atoms with Gasteiger partial charge in [0.2, 0.25) is 0 Å². The number of rotatable bonds is 5. The maximum Gasteiger partial charge on any atom is 0.119 e. The molecular formula is C15H20N2O. The Morgan fingerprint density at radius 3 is 2.94 bits per heavy atom. The maximum absolute atomic E-state index is 8.61. The number of nitrogens with zero attached hydrogens (tertiary/aromatic N) is 2. The van der Waals surface area contributed by atoms with E-state index in [4.69, 9.17) is 10.00 Å². The van der Waals surface area contributed by atoms with E-state index in [2.05, 4.69) is 11.0 Å². The van der Waals surface area contributed by atoms with Crippen molar-refractivity contribution < 1.29 is 4.74 Å². The van der Waals surface area contributed by atoms with E-state index in [1.807, 2.05) is 30.3 Å². The number of nitriles is 1. The number of hydrogen-bond acceptors (Lipinski definition) is 3. The summed E-state index contributed by atoms with van der Waals surface area (Å²) in [6, 6.07) is 12.2. The molecule has 0 amide bonds. The van der Waals surface area contributed by atoms with Crippen molar-refractivity contribution in [3.63, 3.8) is 0 Å². The van der Waals surface area contributed by atoms with Gasteiger partial charge in [0.05, 0.1) is 12.7 Å². The number of hydrogen-bond donors (Lipinski definition) is 0. The van der Waals surface area contributed by atoms with Gasteiger partial charge in [0.1, 0.15) is 5.75 Å². The molecule has 0 aliphatic carbocycles. The summed E-state index contributed by atoms with van der Waals surface area (Å²) < 4.78 is 5.81. The summed E-state index contributed by atoms with van der Waals surface area (Å²) in [5, 5.41) is 8.61. The molecule has 0 spiro atoms. The van der Waals surface area contributed by atoms with E-state index in [1.165, 1.54) is 12.8 Å². The average Bonchev–Trinajstić information content (AvgIpc) is 2.44. The van der Waals surface area contributed by atoms with Gasteiger partial charge in [-0.05, 0) is 31.5 Å². The van der Waals surface area contributed by atoms with Crippen molar-refractivity contribution in [2.45, 2.75) is 19.3 Å². The smallest absolute Gasteiger partial charge is 0.119 e. The quantitative estimate of drug-likeness (QED) is 0.799. The van der Waals surface area contributed by atoms with Gasteiger partial charge in [-0.2, -0.15) is 5.26 Å². The molecule has 18 heavy (non-hydrogen) atoms. The van der Waals surface area contributed by atoms with Gasteiger partial charge in [-0.15, -0.1) is 0 Å². The molecule has 0 N–H and O–H groups in total. The third-order valence-corrected chi connectivity index (χ3v) is 3.37. The molecule has 1 aliphatic rings. The van der Waals surface area contributed by atoms with Gasteiger partial charge in [-0.25, -0.2) is 0 Å². The Hall–Kier alpha value is -1.53. The van der Waals surface area contributed by atoms with Gasteiger partial charge in [0.15, 0.2) is 0 Å². The lowest BCUT2D eigenvalue weighted by atomic mass is 9.99. The zero-order valence-corrected chi connectivity index (χ0v) is 10.7. The van der Waals surface area contributed by atoms with E-state index in [1.54, 1.807) is 0 Å². The van der Waals surface area contributed by atoms with E-state index in [9.17, 15) is 0 Å². The summed E-state index contributed by atoms with van der Waals surface area (Å²) in [4.78, 5) is 2.38. The van der Waals surface area contributed by atoms with Gasteiger partial charge in [0, 0.05) is 25.4 Å². The molecule has 1 saturated heterocycles. The van der Waals surface area contributed by atoms with Crippen molar-refractivity contribution >= 4 is 0 Å². The van der Waals surface area contributed by atoms with E-state index in [0.29, 0.717) is 12.3 Å². The second-order valence-corrected chi connectivity index (χ2v) is 4.84. The molecule has 1 atom stereocenters. The first-order valence-electron chi connectivity index (χ1n) is 6.65. The number of piperidine rings is 1. The van der Waals surface area contributed by atoms with Crippen LogP contribution in [0.5, 0.6) is 5.75 Å². The first kappa shape index (κ1) is 12.9. The molecule has 1 aromatic rings. The Bertz CT molecular complexity index is 385. The molecule has 1 aliphatic heterocycles. The topological polar surface area (TPSA) is 36.3 Å². The van der Waals surface area contributed by atoms with Crippen molar-refractivity contribution in [1.29, 1.82) is 5.26 Å². The highest BCUT2D eigenvalue weighted by atomic mass is 16.5. The Balaban J connectivity index is 1.74. The molecule has 2 rings (SSSR count). The minimum absolute atomic E-state index is 0.595. The highest BCUT2D eigenvalue weighted by molar-refractivity contribution is 5.20. The number of para-hydroxylation sites is 1. The first-order chi connectivity index (χ1) is 8.88. The molecule has 3 heteroatoms. The maximum atomic E-state index is 8.61. The number of likely N-dealkylation sites (tertiary alicyclic amines) is 1. The standard InChI is InChI=1S/C15H20N2O/c16-9-5-11-17-10-4-6-14(12-17)13-18-15-7-2-1-3-8-15/h1-3,7-8,14H,4-6,10-13H2/t14-/m0/s1. The van der Waals surface area contributed by atoms with Crippen LogP contribution in [0.25, 0.3) is 0 Å². The average molecular weight is 244 g/mol. The lowest BCUT2D eigenvalue weighted by Gasteiger charge is -2.32. The van der Waals surface area contributed by atoms with E-state index >= 15 is 0 Å². The van der Waals surface area contributed by atoms with Gasteiger partial charge in [0.25, 0.3) is 0 Å². The molecule has 96 valence electrons. The fourth-order valence-electron chi connectivity index (χ4n) is 2.43. The Labute approximate surface area is 109 Å². The van der Waals surface area contributed by atoms with Crippen molar-refractivity contribution in [2.24, 2.45) is 5.92 Å². The van der Waals surface area contributed by atoms with Crippen LogP contribution in [0.4, 0.5) is 0 Å². The minimum atomic E-state index is 0.595. The Kier molecular flexibility index (Phi) is 5.04. The van der Waals surface area contributed by atoms with Gasteiger partial charge >= 0.3 is 0 Å². The van der Waals surface area contributed by atoms with Gasteiger partial charge < -0.3 is 9.64 Å². The van der Waals surface area contributed by atoms with E-state index in [-0.39, 0.29) is 0 Å². The van der Waals surface area contributed by atoms with Crippen LogP contribution in [0.2, 0.25) is 0 Å². The van der Waals surface area contributed by atoms with Crippen LogP contribution in [0.3, 0.4) is 0 Å². The summed E-state index contributed by atoms with van der Waals surface area (Å²) in [6.45, 7) is 3.88. The largest absolute Gasteiger partial charge is 0.493 e. The SMILES string of the molecule is N#CCCN1CCC[C@H](COc2ccccc2)C1. The van der Waals surface area contributed by atoms with Gasteiger partial charge in [-0.3, -0.25) is 0 Å². The number of ether oxygens (including phenoxy) is 1. The van der Waals surface area contributed by atoms with Crippen molar-refractivity contribution in [2.75, 3.05) is 26.2 Å². The van der Waals surface area contributed by atoms with Crippen LogP contribution in [0, 0.1) is 17.2 Å². The molecular weight excluding hydrogens is 224 g/mol. The molecule has 1 fully saturated rings. The lowest BCUT2D eigenvalue weighted by Crippen LogP contribution is -2.38. The van der Waals surface area contributed by atoms with Crippen molar-refractivity contribution in [3.05, 3.63) is 30.3 Å². The summed E-state index contributed by atoms with van der Waals surface area (Å²) in [5.41, 5.74) is 0. The fourth-order valence-corrected chi connectivity index (χ4v) is 2.43. The van der Waals surface area contributed by atoms with Crippen LogP contribution < -0.4 is 4.74 Å².